The van der Waals surface area contributed by atoms with Crippen LogP contribution in [-0.2, 0) is 35.6 Å². The highest BCUT2D eigenvalue weighted by molar-refractivity contribution is 7.89. The summed E-state index contributed by atoms with van der Waals surface area (Å²) in [5, 5.41) is 10.5. The normalized spacial score (nSPS) is 12.1. The standard InChI is InChI=1S/C39H52N8O9S/c1-26-21-30(55-20-9-12-34(48)42-17-15-40)22-27(2)35(26)57(52,53)45-31(37(50)54-6)25-43-36(49)28-13-14-32-29(23-28)24-44-47(32)19-10-18-46(33-11-7-8-16-41-33)38(51)56-39(3,4)5/h7-8,11,13-14,16,21-24,31,45H,9-10,12,15,17-20,25,40H2,1-6H3,(H,42,48)(H,43,49). The van der Waals surface area contributed by atoms with Gasteiger partial charge in [0.15, 0.2) is 0 Å². The van der Waals surface area contributed by atoms with Gasteiger partial charge in [0, 0.05) is 56.3 Å². The summed E-state index contributed by atoms with van der Waals surface area (Å²) < 4.78 is 47.6. The van der Waals surface area contributed by atoms with Crippen LogP contribution in [0.3, 0.4) is 0 Å². The van der Waals surface area contributed by atoms with Crippen molar-refractivity contribution < 1.29 is 41.8 Å². The van der Waals surface area contributed by atoms with Crippen molar-refractivity contribution >= 4 is 50.6 Å². The number of methoxy groups -OCH3 is 1. The zero-order chi connectivity index (χ0) is 41.8. The number of rotatable bonds is 19. The van der Waals surface area contributed by atoms with E-state index in [2.05, 4.69) is 25.4 Å². The summed E-state index contributed by atoms with van der Waals surface area (Å²) in [6.45, 7) is 9.94. The number of hydrogen-bond acceptors (Lipinski definition) is 12. The monoisotopic (exact) mass is 808 g/mol. The van der Waals surface area contributed by atoms with Crippen LogP contribution in [-0.4, -0.2) is 98.6 Å². The van der Waals surface area contributed by atoms with Gasteiger partial charge in [-0.1, -0.05) is 6.07 Å². The molecule has 2 heterocycles. The molecule has 0 spiro atoms. The Bertz CT molecular complexity index is 2110. The number of aryl methyl sites for hydroxylation is 3. The Morgan fingerprint density at radius 3 is 2.39 bits per heavy atom. The lowest BCUT2D eigenvalue weighted by atomic mass is 10.1. The Kier molecular flexibility index (Phi) is 15.5. The number of nitrogens with two attached hydrogens (primary N) is 1. The Morgan fingerprint density at radius 2 is 1.74 bits per heavy atom. The van der Waals surface area contributed by atoms with Crippen LogP contribution in [0.1, 0.15) is 61.5 Å². The van der Waals surface area contributed by atoms with Gasteiger partial charge >= 0.3 is 12.1 Å². The Hall–Kier alpha value is -5.59. The molecule has 0 saturated carbocycles. The molecular formula is C39H52N8O9S. The maximum absolute atomic E-state index is 13.6. The second kappa shape index (κ2) is 20.0. The SMILES string of the molecule is COC(=O)C(CNC(=O)c1ccc2c(cnn2CCCN(C(=O)OC(C)(C)C)c2ccccn2)c1)NS(=O)(=O)c1c(C)cc(OCCCC(=O)NCCN)cc1C. The third-order valence-electron chi connectivity index (χ3n) is 8.43. The summed E-state index contributed by atoms with van der Waals surface area (Å²) in [6.07, 6.45) is 3.94. The number of benzene rings is 2. The summed E-state index contributed by atoms with van der Waals surface area (Å²) >= 11 is 0. The quantitative estimate of drug-likeness (QED) is 0.0791. The van der Waals surface area contributed by atoms with Crippen molar-refractivity contribution in [1.82, 2.24) is 30.1 Å². The second-order valence-corrected chi connectivity index (χ2v) is 15.8. The average molecular weight is 809 g/mol. The largest absolute Gasteiger partial charge is 0.494 e. The molecule has 0 saturated heterocycles. The fraction of sp³-hybridized carbons (Fsp3) is 0.436. The molecule has 0 fully saturated rings. The number of ether oxygens (including phenoxy) is 3. The number of nitrogens with one attached hydrogen (secondary N) is 3. The van der Waals surface area contributed by atoms with Crippen molar-refractivity contribution in [1.29, 1.82) is 0 Å². The second-order valence-electron chi connectivity index (χ2n) is 14.2. The van der Waals surface area contributed by atoms with Gasteiger partial charge in [0.2, 0.25) is 15.9 Å². The molecular weight excluding hydrogens is 757 g/mol. The highest BCUT2D eigenvalue weighted by atomic mass is 32.2. The van der Waals surface area contributed by atoms with Crippen molar-refractivity contribution in [2.75, 3.05) is 44.8 Å². The summed E-state index contributed by atoms with van der Waals surface area (Å²) in [5.41, 5.74) is 6.46. The molecule has 0 aliphatic carbocycles. The number of amides is 3. The molecule has 1 unspecified atom stereocenters. The predicted molar refractivity (Wildman–Crippen MR) is 213 cm³/mol. The van der Waals surface area contributed by atoms with Crippen LogP contribution in [0.25, 0.3) is 10.9 Å². The number of nitrogens with zero attached hydrogens (tertiary/aromatic N) is 4. The van der Waals surface area contributed by atoms with Gasteiger partial charge in [-0.15, -0.1) is 0 Å². The average Bonchev–Trinajstić information content (AvgIpc) is 3.56. The maximum Gasteiger partial charge on any atom is 0.416 e. The maximum atomic E-state index is 13.6. The topological polar surface area (TPSA) is 226 Å². The Morgan fingerprint density at radius 1 is 1.00 bits per heavy atom. The molecule has 0 bridgehead atoms. The molecule has 5 N–H and O–H groups in total. The van der Waals surface area contributed by atoms with Gasteiger partial charge in [-0.2, -0.15) is 9.82 Å². The molecule has 3 amide bonds. The number of aromatic nitrogens is 3. The van der Waals surface area contributed by atoms with Gasteiger partial charge in [0.05, 0.1) is 30.3 Å². The highest BCUT2D eigenvalue weighted by Gasteiger charge is 2.30. The van der Waals surface area contributed by atoms with Crippen molar-refractivity contribution in [3.8, 4) is 5.75 Å². The van der Waals surface area contributed by atoms with Crippen LogP contribution in [0.4, 0.5) is 10.6 Å². The van der Waals surface area contributed by atoms with Crippen LogP contribution < -0.4 is 30.7 Å². The number of fused-ring (bicyclic) bond motifs is 1. The molecule has 18 heteroatoms. The first kappa shape index (κ1) is 44.1. The van der Waals surface area contributed by atoms with E-state index in [1.54, 1.807) is 100 Å². The first-order valence-electron chi connectivity index (χ1n) is 18.5. The molecule has 4 aromatic rings. The van der Waals surface area contributed by atoms with Crippen molar-refractivity contribution in [2.24, 2.45) is 5.73 Å². The molecule has 2 aromatic carbocycles. The van der Waals surface area contributed by atoms with E-state index in [4.69, 9.17) is 19.9 Å². The van der Waals surface area contributed by atoms with E-state index in [1.165, 1.54) is 4.90 Å². The van der Waals surface area contributed by atoms with Crippen LogP contribution in [0, 0.1) is 13.8 Å². The summed E-state index contributed by atoms with van der Waals surface area (Å²) in [5.74, 6) is -0.683. The molecule has 2 aromatic heterocycles. The minimum atomic E-state index is -4.28. The van der Waals surface area contributed by atoms with Crippen molar-refractivity contribution in [2.45, 2.75) is 77.0 Å². The number of sulfonamides is 1. The number of carbonyl (C=O) groups excluding carboxylic acids is 4. The molecule has 17 nitrogen and oxygen atoms in total. The minimum absolute atomic E-state index is 0.0482. The zero-order valence-electron chi connectivity index (χ0n) is 33.2. The van der Waals surface area contributed by atoms with Crippen LogP contribution in [0.5, 0.6) is 5.75 Å². The lowest BCUT2D eigenvalue weighted by Gasteiger charge is -2.26. The predicted octanol–water partition coefficient (Wildman–Crippen LogP) is 3.36. The molecule has 57 heavy (non-hydrogen) atoms. The van der Waals surface area contributed by atoms with E-state index in [0.29, 0.717) is 67.1 Å². The van der Waals surface area contributed by atoms with E-state index in [9.17, 15) is 27.6 Å². The van der Waals surface area contributed by atoms with Crippen LogP contribution in [0.15, 0.2) is 65.8 Å². The lowest BCUT2D eigenvalue weighted by molar-refractivity contribution is -0.142. The first-order chi connectivity index (χ1) is 27.0. The van der Waals surface area contributed by atoms with E-state index >= 15 is 0 Å². The van der Waals surface area contributed by atoms with E-state index in [-0.39, 0.29) is 29.4 Å². The van der Waals surface area contributed by atoms with Gasteiger partial charge in [0.1, 0.15) is 23.2 Å². The molecule has 1 atom stereocenters. The van der Waals surface area contributed by atoms with Gasteiger partial charge < -0.3 is 30.6 Å². The van der Waals surface area contributed by atoms with Crippen molar-refractivity contribution in [3.05, 3.63) is 77.6 Å². The van der Waals surface area contributed by atoms with E-state index in [0.717, 1.165) is 12.6 Å². The molecule has 0 aliphatic rings. The fourth-order valence-electron chi connectivity index (χ4n) is 5.91. The first-order valence-corrected chi connectivity index (χ1v) is 20.0. The number of hydrogen-bond donors (Lipinski definition) is 4. The number of pyridine rings is 1. The highest BCUT2D eigenvalue weighted by Crippen LogP contribution is 2.26. The third-order valence-corrected chi connectivity index (χ3v) is 10.2. The summed E-state index contributed by atoms with van der Waals surface area (Å²) in [7, 11) is -3.16. The summed E-state index contributed by atoms with van der Waals surface area (Å²) in [6, 6.07) is 11.9. The van der Waals surface area contributed by atoms with Gasteiger partial charge in [-0.25, -0.2) is 18.2 Å². The molecule has 308 valence electrons. The number of anilines is 1. The lowest BCUT2D eigenvalue weighted by Crippen LogP contribution is -2.49. The van der Waals surface area contributed by atoms with E-state index < -0.39 is 46.2 Å². The Balaban J connectivity index is 1.37. The van der Waals surface area contributed by atoms with Crippen LogP contribution in [0.2, 0.25) is 0 Å². The van der Waals surface area contributed by atoms with Crippen molar-refractivity contribution in [3.63, 3.8) is 0 Å². The minimum Gasteiger partial charge on any atom is -0.494 e. The smallest absolute Gasteiger partial charge is 0.416 e. The van der Waals surface area contributed by atoms with E-state index in [1.807, 2.05) is 0 Å². The third kappa shape index (κ3) is 12.7. The molecule has 0 aliphatic heterocycles. The van der Waals surface area contributed by atoms with Crippen LogP contribution >= 0.6 is 0 Å². The molecule has 0 radical (unpaired) electrons. The zero-order valence-corrected chi connectivity index (χ0v) is 34.0. The summed E-state index contributed by atoms with van der Waals surface area (Å²) in [4.78, 5) is 56.5. The van der Waals surface area contributed by atoms with Gasteiger partial charge in [-0.3, -0.25) is 24.0 Å². The van der Waals surface area contributed by atoms with Gasteiger partial charge in [-0.05, 0) is 101 Å². The number of carbonyl (C=O) groups is 4. The fourth-order valence-corrected chi connectivity index (χ4v) is 7.55. The van der Waals surface area contributed by atoms with Gasteiger partial charge in [0.25, 0.3) is 5.91 Å². The Labute approximate surface area is 332 Å². The molecule has 4 rings (SSSR count). The number of esters is 1.